The Morgan fingerprint density at radius 1 is 0.514 bits per heavy atom. The van der Waals surface area contributed by atoms with E-state index >= 15 is 0 Å². The molecule has 0 bridgehead atoms. The molecule has 0 saturated carbocycles. The summed E-state index contributed by atoms with van der Waals surface area (Å²) < 4.78 is 86.8. The van der Waals surface area contributed by atoms with Crippen molar-refractivity contribution in [2.24, 2.45) is 23.7 Å². The van der Waals surface area contributed by atoms with E-state index in [2.05, 4.69) is 42.6 Å². The van der Waals surface area contributed by atoms with Gasteiger partial charge in [0.1, 0.15) is 43.6 Å². The Morgan fingerprint density at radius 3 is 1.33 bits per heavy atom. The van der Waals surface area contributed by atoms with E-state index in [0.29, 0.717) is 18.3 Å². The lowest BCUT2D eigenvalue weighted by atomic mass is 9.91. The van der Waals surface area contributed by atoms with E-state index in [1.165, 1.54) is 32.1 Å². The van der Waals surface area contributed by atoms with Crippen LogP contribution in [-0.4, -0.2) is 133 Å². The largest absolute Gasteiger partial charge is 0.483 e. The van der Waals surface area contributed by atoms with Gasteiger partial charge in [-0.15, -0.1) is 0 Å². The molecule has 0 aromatic heterocycles. The van der Waals surface area contributed by atoms with Crippen LogP contribution in [0, 0.1) is 23.7 Å². The number of amides is 2. The Hall–Kier alpha value is -3.57. The minimum absolute atomic E-state index is 0.0575. The summed E-state index contributed by atoms with van der Waals surface area (Å²) in [6.45, 7) is 16.3. The van der Waals surface area contributed by atoms with Crippen LogP contribution in [0.1, 0.15) is 147 Å². The topological polar surface area (TPSA) is 320 Å². The number of carbonyl (C=O) groups is 7. The van der Waals surface area contributed by atoms with Gasteiger partial charge in [0.25, 0.3) is 0 Å². The molecule has 72 heavy (non-hydrogen) atoms. The third-order valence-corrected chi connectivity index (χ3v) is 14.3. The summed E-state index contributed by atoms with van der Waals surface area (Å²) in [5.41, 5.74) is 0. The van der Waals surface area contributed by atoms with Crippen molar-refractivity contribution in [3.63, 3.8) is 0 Å². The van der Waals surface area contributed by atoms with Gasteiger partial charge in [-0.25, -0.2) is 9.13 Å². The maximum absolute atomic E-state index is 13.5. The second-order valence-corrected chi connectivity index (χ2v) is 22.2. The number of hydrogen-bond donors (Lipinski definition) is 4. The number of phosphoric ester groups is 2. The zero-order valence-corrected chi connectivity index (χ0v) is 45.5. The first-order valence-electron chi connectivity index (χ1n) is 24.5. The van der Waals surface area contributed by atoms with Gasteiger partial charge in [-0.2, -0.15) is 4.31 Å². The third kappa shape index (κ3) is 25.1. The number of ether oxygens (including phenoxy) is 8. The summed E-state index contributed by atoms with van der Waals surface area (Å²) in [4.78, 5) is 109. The van der Waals surface area contributed by atoms with Crippen LogP contribution >= 0.6 is 15.6 Å². The first kappa shape index (κ1) is 64.5. The van der Waals surface area contributed by atoms with Gasteiger partial charge in [0.05, 0.1) is 6.61 Å². The molecule has 0 aliphatic carbocycles. The molecule has 2 saturated heterocycles. The van der Waals surface area contributed by atoms with Crippen LogP contribution in [0.25, 0.3) is 0 Å². The fraction of sp³-hybridized carbons (Fsp3) is 0.848. The Bertz CT molecular complexity index is 1870. The molecule has 26 heteroatoms. The minimum atomic E-state index is -5.76. The van der Waals surface area contributed by atoms with E-state index in [4.69, 9.17) is 46.9 Å². The summed E-state index contributed by atoms with van der Waals surface area (Å²) in [5, 5.41) is 4.87. The Morgan fingerprint density at radius 2 is 0.903 bits per heavy atom. The van der Waals surface area contributed by atoms with Gasteiger partial charge in [-0.05, 0) is 30.1 Å². The van der Waals surface area contributed by atoms with Crippen molar-refractivity contribution in [3.05, 3.63) is 0 Å². The second kappa shape index (κ2) is 31.3. The highest BCUT2D eigenvalue weighted by atomic mass is 31.3. The van der Waals surface area contributed by atoms with E-state index < -0.39 is 132 Å². The van der Waals surface area contributed by atoms with Crippen molar-refractivity contribution in [3.8, 4) is 0 Å². The van der Waals surface area contributed by atoms with Crippen LogP contribution in [0.2, 0.25) is 0 Å². The lowest BCUT2D eigenvalue weighted by Crippen LogP contribution is -2.70. The standard InChI is InChI=1S/C46H80N2O22P2/c1-26(2)16-13-17-27(3)18-14-19-28(4)20-15-21-29(5)22-23-62-71(56,57)70-72(58,59)69-46-40(48-31(7)50)44(65-36(12)55)42(38(67-46)25-61-33(9)52)68-45-39(47-30(6)49)43(64-35(11)54)41(63-34(10)53)37(66-45)24-60-32(8)51/h26-29,37-46H,13-25H2,1-12H3,(H,47,49)(H,48,50)(H,56,57)(H,58,59)/t27?,28?,29?,37-,38-,39-,40-,41-,42-,43-,44-,45+,46-/m1/s1. The van der Waals surface area contributed by atoms with Gasteiger partial charge in [0.15, 0.2) is 30.9 Å². The van der Waals surface area contributed by atoms with Crippen molar-refractivity contribution in [2.45, 2.75) is 209 Å². The van der Waals surface area contributed by atoms with Gasteiger partial charge in [-0.1, -0.05) is 92.4 Å². The number of esters is 5. The number of rotatable bonds is 31. The quantitative estimate of drug-likeness (QED) is 0.0380. The molecule has 0 spiro atoms. The molecule has 5 unspecified atom stereocenters. The Balaban J connectivity index is 2.35. The van der Waals surface area contributed by atoms with Crippen LogP contribution in [0.15, 0.2) is 0 Å². The monoisotopic (exact) mass is 1070 g/mol. The number of nitrogens with one attached hydrogen (secondary N) is 2. The summed E-state index contributed by atoms with van der Waals surface area (Å²) >= 11 is 0. The van der Waals surface area contributed by atoms with Gasteiger partial charge in [0, 0.05) is 48.5 Å². The second-order valence-electron chi connectivity index (χ2n) is 19.2. The SMILES string of the molecule is CC(=O)N[C@H]1[C@H](O[C@H]2[C@H](OC(C)=O)[C@@H](NC(C)=O)[C@@H](OP(=O)(O)OP(=O)(O)OCCC(C)CCCC(C)CCCC(C)CCCC(C)C)O[C@@H]2COC(C)=O)O[C@H](COC(C)=O)[C@@H](OC(C)=O)[C@@H]1OC(C)=O. The molecule has 0 aromatic rings. The molecular formula is C46H80N2O22P2. The van der Waals surface area contributed by atoms with Crippen LogP contribution in [0.3, 0.4) is 0 Å². The first-order chi connectivity index (χ1) is 33.5. The van der Waals surface area contributed by atoms with Crippen molar-refractivity contribution in [1.82, 2.24) is 10.6 Å². The number of phosphoric acid groups is 2. The van der Waals surface area contributed by atoms with Crippen molar-refractivity contribution in [1.29, 1.82) is 0 Å². The van der Waals surface area contributed by atoms with Gasteiger partial charge >= 0.3 is 45.5 Å². The molecule has 416 valence electrons. The molecule has 15 atom stereocenters. The smallest absolute Gasteiger partial charge is 0.463 e. The number of carbonyl (C=O) groups excluding carboxylic acids is 7. The van der Waals surface area contributed by atoms with Gasteiger partial charge in [0.2, 0.25) is 11.8 Å². The van der Waals surface area contributed by atoms with Crippen molar-refractivity contribution in [2.75, 3.05) is 19.8 Å². The predicted molar refractivity (Wildman–Crippen MR) is 254 cm³/mol. The van der Waals surface area contributed by atoms with Crippen LogP contribution in [0.5, 0.6) is 0 Å². The Kier molecular flexibility index (Phi) is 28.1. The summed E-state index contributed by atoms with van der Waals surface area (Å²) in [6.07, 6.45) is -3.86. The predicted octanol–water partition coefficient (Wildman–Crippen LogP) is 5.47. The van der Waals surface area contributed by atoms with Crippen molar-refractivity contribution >= 4 is 57.3 Å². The summed E-state index contributed by atoms with van der Waals surface area (Å²) in [6, 6.07) is -3.46. The average molecular weight is 1080 g/mol. The molecule has 2 rings (SSSR count). The van der Waals surface area contributed by atoms with E-state index in [9.17, 15) is 52.5 Å². The third-order valence-electron chi connectivity index (χ3n) is 11.7. The van der Waals surface area contributed by atoms with E-state index in [-0.39, 0.29) is 12.5 Å². The normalized spacial score (nSPS) is 27.2. The highest BCUT2D eigenvalue weighted by molar-refractivity contribution is 7.61. The zero-order valence-electron chi connectivity index (χ0n) is 43.7. The summed E-state index contributed by atoms with van der Waals surface area (Å²) in [7, 11) is -11.1. The van der Waals surface area contributed by atoms with Gasteiger partial charge < -0.3 is 58.3 Å². The van der Waals surface area contributed by atoms with E-state index in [1.807, 2.05) is 6.92 Å². The fourth-order valence-corrected chi connectivity index (χ4v) is 10.5. The fourth-order valence-electron chi connectivity index (χ4n) is 8.38. The number of hydrogen-bond acceptors (Lipinski definition) is 20. The Labute approximate surface area is 422 Å². The first-order valence-corrected chi connectivity index (χ1v) is 27.5. The molecule has 2 aliphatic rings. The molecule has 2 heterocycles. The maximum atomic E-state index is 13.5. The van der Waals surface area contributed by atoms with Crippen LogP contribution < -0.4 is 10.6 Å². The van der Waals surface area contributed by atoms with E-state index in [0.717, 1.165) is 80.1 Å². The molecule has 24 nitrogen and oxygen atoms in total. The lowest BCUT2D eigenvalue weighted by molar-refractivity contribution is -0.328. The highest BCUT2D eigenvalue weighted by Crippen LogP contribution is 2.61. The molecule has 2 fully saturated rings. The van der Waals surface area contributed by atoms with Crippen molar-refractivity contribution < 1.29 is 104 Å². The molecule has 0 aromatic carbocycles. The minimum Gasteiger partial charge on any atom is -0.463 e. The highest BCUT2D eigenvalue weighted by Gasteiger charge is 2.57. The van der Waals surface area contributed by atoms with Gasteiger partial charge in [-0.3, -0.25) is 42.6 Å². The van der Waals surface area contributed by atoms with Crippen LogP contribution in [-0.2, 0) is 93.9 Å². The molecule has 4 N–H and O–H groups in total. The average Bonchev–Trinajstić information content (AvgIpc) is 3.22. The lowest BCUT2D eigenvalue weighted by Gasteiger charge is -2.49. The van der Waals surface area contributed by atoms with E-state index in [1.54, 1.807) is 0 Å². The summed E-state index contributed by atoms with van der Waals surface area (Å²) in [5.74, 6) is -4.18. The molecule has 2 aliphatic heterocycles. The molecule has 2 amide bonds. The zero-order chi connectivity index (χ0) is 54.5. The molecule has 0 radical (unpaired) electrons. The molecular weight excluding hydrogens is 994 g/mol. The van der Waals surface area contributed by atoms with Crippen LogP contribution in [0.4, 0.5) is 0 Å². The maximum Gasteiger partial charge on any atom is 0.483 e.